The van der Waals surface area contributed by atoms with Crippen molar-refractivity contribution in [1.82, 2.24) is 0 Å². The van der Waals surface area contributed by atoms with Gasteiger partial charge in [0.2, 0.25) is 5.91 Å². The third-order valence-corrected chi connectivity index (χ3v) is 1.81. The number of hydrogen-bond donors (Lipinski definition) is 2. The Kier molecular flexibility index (Phi) is 8.32. The molecule has 0 aliphatic heterocycles. The minimum absolute atomic E-state index is 0. The van der Waals surface area contributed by atoms with E-state index in [9.17, 15) is 4.79 Å². The van der Waals surface area contributed by atoms with Crippen LogP contribution in [0.1, 0.15) is 26.7 Å². The van der Waals surface area contributed by atoms with Gasteiger partial charge in [-0.1, -0.05) is 5.57 Å². The second-order valence-corrected chi connectivity index (χ2v) is 2.73. The minimum atomic E-state index is -0.313. The van der Waals surface area contributed by atoms with Gasteiger partial charge in [0.1, 0.15) is 0 Å². The van der Waals surface area contributed by atoms with E-state index < -0.39 is 0 Å². The lowest BCUT2D eigenvalue weighted by Gasteiger charge is -2.01. The van der Waals surface area contributed by atoms with E-state index in [1.54, 1.807) is 6.92 Å². The molecule has 4 heteroatoms. The largest absolute Gasteiger partial charge is 1.00 e. The summed E-state index contributed by atoms with van der Waals surface area (Å²) in [6.45, 7) is 4.61. The maximum absolute atomic E-state index is 10.7. The van der Waals surface area contributed by atoms with E-state index in [1.165, 1.54) is 0 Å². The molecule has 3 nitrogen and oxygen atoms in total. The molecule has 0 aliphatic carbocycles. The SMILES string of the molecule is CC(CCC[NH3+])=C(C)C(N)=O.[Cl-]. The van der Waals surface area contributed by atoms with Crippen LogP contribution in [0.3, 0.4) is 0 Å². The molecular formula is C8H17ClN2O. The van der Waals surface area contributed by atoms with Crippen LogP contribution in [-0.4, -0.2) is 12.5 Å². The minimum Gasteiger partial charge on any atom is -1.00 e. The molecule has 0 rings (SSSR count). The molecule has 0 aliphatic rings. The summed E-state index contributed by atoms with van der Waals surface area (Å²) in [4.78, 5) is 10.7. The Hall–Kier alpha value is -0.540. The number of nitrogens with two attached hydrogens (primary N) is 1. The standard InChI is InChI=1S/C8H16N2O.ClH/c1-6(4-3-5-9)7(2)8(10)11;/h3-5,9H2,1-2H3,(H2,10,11);1H. The van der Waals surface area contributed by atoms with E-state index in [4.69, 9.17) is 5.73 Å². The molecule has 0 atom stereocenters. The lowest BCUT2D eigenvalue weighted by Crippen LogP contribution is -3.00. The number of rotatable bonds is 4. The topological polar surface area (TPSA) is 70.7 Å². The number of quaternary nitrogens is 1. The van der Waals surface area contributed by atoms with Crippen molar-refractivity contribution in [2.45, 2.75) is 26.7 Å². The molecule has 0 radical (unpaired) electrons. The summed E-state index contributed by atoms with van der Waals surface area (Å²) in [5.74, 6) is -0.313. The molecule has 0 unspecified atom stereocenters. The Morgan fingerprint density at radius 3 is 2.25 bits per heavy atom. The number of primary amides is 1. The van der Waals surface area contributed by atoms with Gasteiger partial charge < -0.3 is 23.9 Å². The van der Waals surface area contributed by atoms with Gasteiger partial charge in [0.25, 0.3) is 0 Å². The number of allylic oxidation sites excluding steroid dienone is 1. The molecule has 1 amide bonds. The average Bonchev–Trinajstić information content (AvgIpc) is 1.98. The van der Waals surface area contributed by atoms with Crippen LogP contribution in [-0.2, 0) is 4.79 Å². The zero-order chi connectivity index (χ0) is 8.85. The van der Waals surface area contributed by atoms with Crippen LogP contribution < -0.4 is 23.9 Å². The van der Waals surface area contributed by atoms with E-state index in [2.05, 4.69) is 5.73 Å². The maximum atomic E-state index is 10.7. The van der Waals surface area contributed by atoms with Crippen molar-refractivity contribution < 1.29 is 22.9 Å². The molecular weight excluding hydrogens is 176 g/mol. The van der Waals surface area contributed by atoms with Crippen LogP contribution in [0.5, 0.6) is 0 Å². The second kappa shape index (κ2) is 7.13. The molecule has 0 bridgehead atoms. The third kappa shape index (κ3) is 5.16. The normalized spacial score (nSPS) is 11.6. The highest BCUT2D eigenvalue weighted by molar-refractivity contribution is 5.91. The van der Waals surface area contributed by atoms with E-state index in [1.807, 2.05) is 6.92 Å². The van der Waals surface area contributed by atoms with Crippen molar-refractivity contribution in [2.24, 2.45) is 5.73 Å². The molecule has 0 fully saturated rings. The highest BCUT2D eigenvalue weighted by atomic mass is 35.5. The predicted molar refractivity (Wildman–Crippen MR) is 44.6 cm³/mol. The van der Waals surface area contributed by atoms with Crippen LogP contribution in [0.2, 0.25) is 0 Å². The lowest BCUT2D eigenvalue weighted by molar-refractivity contribution is -0.368. The van der Waals surface area contributed by atoms with E-state index >= 15 is 0 Å². The van der Waals surface area contributed by atoms with Gasteiger partial charge in [0.05, 0.1) is 6.54 Å². The molecule has 0 saturated carbocycles. The fourth-order valence-corrected chi connectivity index (χ4v) is 0.788. The molecule has 0 heterocycles. The molecule has 72 valence electrons. The Bertz CT molecular complexity index is 178. The number of carbonyl (C=O) groups excluding carboxylic acids is 1. The smallest absolute Gasteiger partial charge is 0.244 e. The molecule has 0 spiro atoms. The highest BCUT2D eigenvalue weighted by Gasteiger charge is 2.01. The van der Waals surface area contributed by atoms with Crippen molar-refractivity contribution in [2.75, 3.05) is 6.54 Å². The van der Waals surface area contributed by atoms with Crippen LogP contribution in [0, 0.1) is 0 Å². The van der Waals surface area contributed by atoms with Gasteiger partial charge in [-0.3, -0.25) is 4.79 Å². The van der Waals surface area contributed by atoms with Crippen molar-refractivity contribution in [3.8, 4) is 0 Å². The third-order valence-electron chi connectivity index (χ3n) is 1.81. The molecule has 0 aromatic heterocycles. The number of halogens is 1. The average molecular weight is 193 g/mol. The zero-order valence-electron chi connectivity index (χ0n) is 7.69. The Balaban J connectivity index is 0. The summed E-state index contributed by atoms with van der Waals surface area (Å²) in [6, 6.07) is 0. The summed E-state index contributed by atoms with van der Waals surface area (Å²) < 4.78 is 0. The molecule has 5 N–H and O–H groups in total. The fraction of sp³-hybridized carbons (Fsp3) is 0.625. The zero-order valence-corrected chi connectivity index (χ0v) is 8.45. The van der Waals surface area contributed by atoms with Gasteiger partial charge in [-0.2, -0.15) is 0 Å². The second-order valence-electron chi connectivity index (χ2n) is 2.73. The Labute approximate surface area is 79.6 Å². The van der Waals surface area contributed by atoms with Crippen molar-refractivity contribution in [3.05, 3.63) is 11.1 Å². The van der Waals surface area contributed by atoms with Gasteiger partial charge in [-0.25, -0.2) is 0 Å². The highest BCUT2D eigenvalue weighted by Crippen LogP contribution is 2.08. The number of carbonyl (C=O) groups is 1. The summed E-state index contributed by atoms with van der Waals surface area (Å²) >= 11 is 0. The molecule has 0 aromatic rings. The number of amides is 1. The molecule has 0 aromatic carbocycles. The monoisotopic (exact) mass is 192 g/mol. The van der Waals surface area contributed by atoms with E-state index in [0.717, 1.165) is 25.0 Å². The summed E-state index contributed by atoms with van der Waals surface area (Å²) in [5, 5.41) is 0. The first-order valence-corrected chi connectivity index (χ1v) is 3.85. The van der Waals surface area contributed by atoms with Crippen molar-refractivity contribution >= 4 is 5.91 Å². The fourth-order valence-electron chi connectivity index (χ4n) is 0.788. The maximum Gasteiger partial charge on any atom is 0.244 e. The lowest BCUT2D eigenvalue weighted by atomic mass is 10.1. The van der Waals surface area contributed by atoms with Gasteiger partial charge >= 0.3 is 0 Å². The first-order valence-electron chi connectivity index (χ1n) is 3.85. The predicted octanol–water partition coefficient (Wildman–Crippen LogP) is -3.17. The van der Waals surface area contributed by atoms with E-state index in [-0.39, 0.29) is 18.3 Å². The number of hydrogen-bond acceptors (Lipinski definition) is 1. The van der Waals surface area contributed by atoms with Gasteiger partial charge in [-0.05, 0) is 20.3 Å². The summed E-state index contributed by atoms with van der Waals surface area (Å²) in [7, 11) is 0. The van der Waals surface area contributed by atoms with Gasteiger partial charge in [0.15, 0.2) is 0 Å². The first kappa shape index (κ1) is 14.0. The molecule has 0 saturated heterocycles. The Morgan fingerprint density at radius 2 is 1.92 bits per heavy atom. The summed E-state index contributed by atoms with van der Waals surface area (Å²) in [6.07, 6.45) is 1.95. The van der Waals surface area contributed by atoms with Crippen LogP contribution in [0.25, 0.3) is 0 Å². The van der Waals surface area contributed by atoms with Crippen LogP contribution >= 0.6 is 0 Å². The van der Waals surface area contributed by atoms with Crippen LogP contribution in [0.4, 0.5) is 0 Å². The quantitative estimate of drug-likeness (QED) is 0.454. The van der Waals surface area contributed by atoms with Crippen molar-refractivity contribution in [3.63, 3.8) is 0 Å². The molecule has 12 heavy (non-hydrogen) atoms. The van der Waals surface area contributed by atoms with Gasteiger partial charge in [0, 0.05) is 12.0 Å². The van der Waals surface area contributed by atoms with Crippen molar-refractivity contribution in [1.29, 1.82) is 0 Å². The summed E-state index contributed by atoms with van der Waals surface area (Å²) in [5.41, 5.74) is 10.6. The van der Waals surface area contributed by atoms with Gasteiger partial charge in [-0.15, -0.1) is 0 Å². The van der Waals surface area contributed by atoms with E-state index in [0.29, 0.717) is 5.57 Å². The Morgan fingerprint density at radius 1 is 1.42 bits per heavy atom. The van der Waals surface area contributed by atoms with Crippen LogP contribution in [0.15, 0.2) is 11.1 Å². The first-order chi connectivity index (χ1) is 5.09.